The number of benzene rings is 2. The first-order valence-electron chi connectivity index (χ1n) is 7.32. The van der Waals surface area contributed by atoms with Gasteiger partial charge in [0.2, 0.25) is 0 Å². The van der Waals surface area contributed by atoms with Crippen LogP contribution in [0.15, 0.2) is 66.3 Å². The summed E-state index contributed by atoms with van der Waals surface area (Å²) in [6, 6.07) is 15.2. The minimum absolute atomic E-state index is 0.444. The van der Waals surface area contributed by atoms with E-state index in [-0.39, 0.29) is 0 Å². The minimum atomic E-state index is 0.444. The summed E-state index contributed by atoms with van der Waals surface area (Å²) in [6.45, 7) is 4.65. The highest BCUT2D eigenvalue weighted by atomic mass is 35.5. The first-order chi connectivity index (χ1) is 11.7. The average molecular weight is 360 g/mol. The van der Waals surface area contributed by atoms with Crippen molar-refractivity contribution in [2.24, 2.45) is 5.10 Å². The van der Waals surface area contributed by atoms with Gasteiger partial charge >= 0.3 is 0 Å². The highest BCUT2D eigenvalue weighted by Gasteiger charge is 1.98. The van der Waals surface area contributed by atoms with Crippen molar-refractivity contribution in [2.75, 3.05) is 6.54 Å². The van der Waals surface area contributed by atoms with E-state index in [1.165, 1.54) is 0 Å². The lowest BCUT2D eigenvalue weighted by atomic mass is 10.2. The number of hydrogen-bond donors (Lipinski definition) is 2. The maximum atomic E-state index is 5.97. The summed E-state index contributed by atoms with van der Waals surface area (Å²) in [6.07, 6.45) is 3.40. The molecular formula is C18H18ClN3OS. The maximum Gasteiger partial charge on any atom is 0.187 e. The monoisotopic (exact) mass is 359 g/mol. The fourth-order valence-electron chi connectivity index (χ4n) is 1.85. The molecule has 24 heavy (non-hydrogen) atoms. The van der Waals surface area contributed by atoms with Crippen LogP contribution in [0.5, 0.6) is 5.75 Å². The molecule has 2 aromatic rings. The van der Waals surface area contributed by atoms with Gasteiger partial charge in [0.25, 0.3) is 0 Å². The van der Waals surface area contributed by atoms with E-state index in [9.17, 15) is 0 Å². The lowest BCUT2D eigenvalue weighted by molar-refractivity contribution is 0.306. The zero-order valence-electron chi connectivity index (χ0n) is 13.0. The molecule has 0 radical (unpaired) electrons. The summed E-state index contributed by atoms with van der Waals surface area (Å²) >= 11 is 11.0. The number of thiocarbonyl (C=S) groups is 1. The number of hydrogen-bond acceptors (Lipinski definition) is 3. The number of nitrogens with one attached hydrogen (secondary N) is 2. The number of hydrazone groups is 1. The van der Waals surface area contributed by atoms with Crippen molar-refractivity contribution in [1.82, 2.24) is 10.7 Å². The molecule has 0 saturated heterocycles. The van der Waals surface area contributed by atoms with Crippen LogP contribution in [0.1, 0.15) is 11.1 Å². The fourth-order valence-corrected chi connectivity index (χ4v) is 2.20. The van der Waals surface area contributed by atoms with E-state index in [1.807, 2.05) is 48.5 Å². The van der Waals surface area contributed by atoms with Gasteiger partial charge in [-0.15, -0.1) is 6.58 Å². The second-order valence-corrected chi connectivity index (χ2v) is 5.70. The Morgan fingerprint density at radius 3 is 2.88 bits per heavy atom. The Morgan fingerprint density at radius 1 is 1.25 bits per heavy atom. The minimum Gasteiger partial charge on any atom is -0.489 e. The third-order valence-electron chi connectivity index (χ3n) is 2.94. The molecular weight excluding hydrogens is 342 g/mol. The van der Waals surface area contributed by atoms with Crippen LogP contribution in [0, 0.1) is 0 Å². The molecule has 2 N–H and O–H groups in total. The molecule has 0 saturated carbocycles. The van der Waals surface area contributed by atoms with E-state index >= 15 is 0 Å². The van der Waals surface area contributed by atoms with Crippen LogP contribution < -0.4 is 15.5 Å². The Bertz CT molecular complexity index is 734. The molecule has 0 fully saturated rings. The molecule has 6 heteroatoms. The third kappa shape index (κ3) is 6.40. The summed E-state index contributed by atoms with van der Waals surface area (Å²) in [7, 11) is 0. The molecule has 124 valence electrons. The summed E-state index contributed by atoms with van der Waals surface area (Å²) in [5.74, 6) is 0.756. The SMILES string of the molecule is C=CCNC(=S)N/N=C\c1cccc(OCc2cccc(Cl)c2)c1. The molecule has 0 unspecified atom stereocenters. The molecule has 2 aromatic carbocycles. The Hall–Kier alpha value is -2.37. The van der Waals surface area contributed by atoms with Crippen LogP contribution in [-0.4, -0.2) is 17.9 Å². The number of ether oxygens (including phenoxy) is 1. The summed E-state index contributed by atoms with van der Waals surface area (Å²) in [5, 5.41) is 8.15. The Labute approximate surface area is 152 Å². The van der Waals surface area contributed by atoms with Crippen LogP contribution in [0.2, 0.25) is 5.02 Å². The van der Waals surface area contributed by atoms with Crippen LogP contribution in [0.3, 0.4) is 0 Å². The number of nitrogens with zero attached hydrogens (tertiary/aromatic N) is 1. The second-order valence-electron chi connectivity index (χ2n) is 4.86. The predicted octanol–water partition coefficient (Wildman–Crippen LogP) is 3.90. The Morgan fingerprint density at radius 2 is 2.08 bits per heavy atom. The van der Waals surface area contributed by atoms with Gasteiger partial charge in [0, 0.05) is 11.6 Å². The van der Waals surface area contributed by atoms with E-state index in [0.717, 1.165) is 16.9 Å². The van der Waals surface area contributed by atoms with Gasteiger partial charge in [0.05, 0.1) is 6.21 Å². The van der Waals surface area contributed by atoms with Gasteiger partial charge in [-0.3, -0.25) is 5.43 Å². The van der Waals surface area contributed by atoms with Gasteiger partial charge in [0.15, 0.2) is 5.11 Å². The van der Waals surface area contributed by atoms with Crippen molar-refractivity contribution < 1.29 is 4.74 Å². The highest BCUT2D eigenvalue weighted by molar-refractivity contribution is 7.80. The van der Waals surface area contributed by atoms with Gasteiger partial charge in [-0.2, -0.15) is 5.10 Å². The van der Waals surface area contributed by atoms with Crippen molar-refractivity contribution >= 4 is 35.1 Å². The molecule has 0 atom stereocenters. The van der Waals surface area contributed by atoms with Crippen LogP contribution in [0.4, 0.5) is 0 Å². The summed E-state index contributed by atoms with van der Waals surface area (Å²) in [5.41, 5.74) is 4.65. The maximum absolute atomic E-state index is 5.97. The zero-order chi connectivity index (χ0) is 17.2. The lowest BCUT2D eigenvalue weighted by Crippen LogP contribution is -2.31. The average Bonchev–Trinajstić information content (AvgIpc) is 2.59. The van der Waals surface area contributed by atoms with E-state index in [1.54, 1.807) is 12.3 Å². The van der Waals surface area contributed by atoms with Crippen molar-refractivity contribution in [1.29, 1.82) is 0 Å². The van der Waals surface area contributed by atoms with Gasteiger partial charge < -0.3 is 10.1 Å². The molecule has 0 aliphatic rings. The first kappa shape index (κ1) is 18.0. The van der Waals surface area contributed by atoms with Gasteiger partial charge in [-0.1, -0.05) is 41.9 Å². The smallest absolute Gasteiger partial charge is 0.187 e. The van der Waals surface area contributed by atoms with Gasteiger partial charge in [0.1, 0.15) is 12.4 Å². The predicted molar refractivity (Wildman–Crippen MR) is 104 cm³/mol. The number of rotatable bonds is 7. The van der Waals surface area contributed by atoms with Crippen molar-refractivity contribution in [3.63, 3.8) is 0 Å². The molecule has 0 amide bonds. The van der Waals surface area contributed by atoms with Crippen LogP contribution in [-0.2, 0) is 6.61 Å². The van der Waals surface area contributed by atoms with Crippen molar-refractivity contribution in [2.45, 2.75) is 6.61 Å². The van der Waals surface area contributed by atoms with Crippen molar-refractivity contribution in [3.05, 3.63) is 77.3 Å². The second kappa shape index (κ2) is 9.70. The first-order valence-corrected chi connectivity index (χ1v) is 8.11. The third-order valence-corrected chi connectivity index (χ3v) is 3.41. The Balaban J connectivity index is 1.89. The van der Waals surface area contributed by atoms with Crippen LogP contribution >= 0.6 is 23.8 Å². The topological polar surface area (TPSA) is 45.7 Å². The molecule has 2 rings (SSSR count). The standard InChI is InChI=1S/C18H18ClN3OS/c1-2-9-20-18(24)22-21-12-14-5-4-8-17(11-14)23-13-15-6-3-7-16(19)10-15/h2-8,10-12H,1,9,13H2,(H2,20,22,24)/b21-12-. The molecule has 0 heterocycles. The van der Waals surface area contributed by atoms with Gasteiger partial charge in [-0.05, 0) is 47.6 Å². The van der Waals surface area contributed by atoms with E-state index in [0.29, 0.717) is 23.3 Å². The molecule has 0 bridgehead atoms. The lowest BCUT2D eigenvalue weighted by Gasteiger charge is -2.07. The fraction of sp³-hybridized carbons (Fsp3) is 0.111. The Kier molecular flexibility index (Phi) is 7.26. The molecule has 0 spiro atoms. The summed E-state index contributed by atoms with van der Waals surface area (Å²) in [4.78, 5) is 0. The largest absolute Gasteiger partial charge is 0.489 e. The molecule has 0 aliphatic heterocycles. The molecule has 4 nitrogen and oxygen atoms in total. The molecule has 0 aliphatic carbocycles. The van der Waals surface area contributed by atoms with E-state index in [2.05, 4.69) is 22.4 Å². The van der Waals surface area contributed by atoms with Gasteiger partial charge in [-0.25, -0.2) is 0 Å². The van der Waals surface area contributed by atoms with E-state index in [4.69, 9.17) is 28.6 Å². The molecule has 0 aromatic heterocycles. The van der Waals surface area contributed by atoms with Crippen LogP contribution in [0.25, 0.3) is 0 Å². The van der Waals surface area contributed by atoms with Crippen molar-refractivity contribution in [3.8, 4) is 5.75 Å². The summed E-state index contributed by atoms with van der Waals surface area (Å²) < 4.78 is 5.78. The zero-order valence-corrected chi connectivity index (χ0v) is 14.6. The van der Waals surface area contributed by atoms with E-state index < -0.39 is 0 Å². The highest BCUT2D eigenvalue weighted by Crippen LogP contribution is 2.16. The quantitative estimate of drug-likeness (QED) is 0.340. The number of halogens is 1. The normalized spacial score (nSPS) is 10.4.